The van der Waals surface area contributed by atoms with E-state index >= 15 is 0 Å². The first-order valence-corrected chi connectivity index (χ1v) is 9.46. The van der Waals surface area contributed by atoms with Gasteiger partial charge in [-0.3, -0.25) is 9.78 Å². The van der Waals surface area contributed by atoms with E-state index < -0.39 is 0 Å². The summed E-state index contributed by atoms with van der Waals surface area (Å²) in [5.41, 5.74) is 2.09. The number of hydrogen-bond acceptors (Lipinski definition) is 5. The standard InChI is InChI=1S/C24H20N2O4/c27-24(23-18(12-14-28-23)16-29-21-9-2-1-3-10-21)26-19-8-6-11-22(15-19)30-17-20-7-4-5-13-25-20/h1-15H,16-17H2,(H,26,27). The second kappa shape index (κ2) is 9.43. The number of nitrogens with zero attached hydrogens (tertiary/aromatic N) is 1. The number of ether oxygens (including phenoxy) is 2. The van der Waals surface area contributed by atoms with Crippen molar-refractivity contribution in [3.63, 3.8) is 0 Å². The molecule has 4 aromatic rings. The number of hydrogen-bond donors (Lipinski definition) is 1. The zero-order valence-electron chi connectivity index (χ0n) is 16.2. The Balaban J connectivity index is 1.38. The van der Waals surface area contributed by atoms with E-state index in [0.717, 1.165) is 11.4 Å². The topological polar surface area (TPSA) is 73.6 Å². The van der Waals surface area contributed by atoms with Gasteiger partial charge >= 0.3 is 0 Å². The van der Waals surface area contributed by atoms with Crippen LogP contribution in [0.1, 0.15) is 21.8 Å². The van der Waals surface area contributed by atoms with Gasteiger partial charge in [0.05, 0.1) is 12.0 Å². The molecule has 0 radical (unpaired) electrons. The van der Waals surface area contributed by atoms with Gasteiger partial charge in [-0.1, -0.05) is 30.3 Å². The molecule has 0 saturated carbocycles. The Kier molecular flexibility index (Phi) is 6.05. The van der Waals surface area contributed by atoms with Crippen molar-refractivity contribution < 1.29 is 18.7 Å². The summed E-state index contributed by atoms with van der Waals surface area (Å²) in [4.78, 5) is 16.9. The highest BCUT2D eigenvalue weighted by molar-refractivity contribution is 6.03. The number of nitrogens with one attached hydrogen (secondary N) is 1. The lowest BCUT2D eigenvalue weighted by molar-refractivity contribution is 0.0993. The molecule has 0 saturated heterocycles. The molecule has 0 aliphatic heterocycles. The van der Waals surface area contributed by atoms with Crippen LogP contribution in [-0.4, -0.2) is 10.9 Å². The SMILES string of the molecule is O=C(Nc1cccc(OCc2ccccn2)c1)c1occc1COc1ccccc1. The second-order valence-electron chi connectivity index (χ2n) is 6.47. The van der Waals surface area contributed by atoms with Crippen LogP contribution in [0.25, 0.3) is 0 Å². The summed E-state index contributed by atoms with van der Waals surface area (Å²) in [6, 6.07) is 24.0. The number of rotatable bonds is 8. The first-order chi connectivity index (χ1) is 14.8. The van der Waals surface area contributed by atoms with Crippen molar-refractivity contribution in [2.75, 3.05) is 5.32 Å². The number of carbonyl (C=O) groups is 1. The minimum absolute atomic E-state index is 0.214. The maximum atomic E-state index is 12.7. The van der Waals surface area contributed by atoms with Gasteiger partial charge in [-0.05, 0) is 42.5 Å². The average molecular weight is 400 g/mol. The van der Waals surface area contributed by atoms with Crippen LogP contribution >= 0.6 is 0 Å². The molecule has 6 nitrogen and oxygen atoms in total. The Morgan fingerprint density at radius 2 is 1.67 bits per heavy atom. The van der Waals surface area contributed by atoms with E-state index in [4.69, 9.17) is 13.9 Å². The smallest absolute Gasteiger partial charge is 0.291 e. The van der Waals surface area contributed by atoms with Crippen LogP contribution in [0.3, 0.4) is 0 Å². The maximum Gasteiger partial charge on any atom is 0.291 e. The summed E-state index contributed by atoms with van der Waals surface area (Å²) in [6.07, 6.45) is 3.20. The Hall–Kier alpha value is -4.06. The average Bonchev–Trinajstić information content (AvgIpc) is 3.27. The number of amides is 1. The lowest BCUT2D eigenvalue weighted by Gasteiger charge is -2.09. The van der Waals surface area contributed by atoms with E-state index in [2.05, 4.69) is 10.3 Å². The molecule has 0 aliphatic carbocycles. The van der Waals surface area contributed by atoms with E-state index in [-0.39, 0.29) is 18.3 Å². The van der Waals surface area contributed by atoms with E-state index in [1.807, 2.05) is 60.7 Å². The fourth-order valence-corrected chi connectivity index (χ4v) is 2.82. The van der Waals surface area contributed by atoms with Gasteiger partial charge in [-0.2, -0.15) is 0 Å². The van der Waals surface area contributed by atoms with E-state index in [1.165, 1.54) is 6.26 Å². The third-order valence-corrected chi connectivity index (χ3v) is 4.30. The van der Waals surface area contributed by atoms with Crippen molar-refractivity contribution in [2.45, 2.75) is 13.2 Å². The number of pyridine rings is 1. The predicted molar refractivity (Wildman–Crippen MR) is 112 cm³/mol. The zero-order chi connectivity index (χ0) is 20.6. The monoisotopic (exact) mass is 400 g/mol. The molecule has 6 heteroatoms. The fraction of sp³-hybridized carbons (Fsp3) is 0.0833. The summed E-state index contributed by atoms with van der Waals surface area (Å²) in [5, 5.41) is 2.84. The molecule has 1 N–H and O–H groups in total. The highest BCUT2D eigenvalue weighted by Gasteiger charge is 2.16. The summed E-state index contributed by atoms with van der Waals surface area (Å²) >= 11 is 0. The Labute approximate surface area is 174 Å². The number of carbonyl (C=O) groups excluding carboxylic acids is 1. The Morgan fingerprint density at radius 1 is 0.867 bits per heavy atom. The molecule has 2 aromatic heterocycles. The van der Waals surface area contributed by atoms with Crippen LogP contribution in [0, 0.1) is 0 Å². The van der Waals surface area contributed by atoms with E-state index in [9.17, 15) is 4.79 Å². The van der Waals surface area contributed by atoms with Gasteiger partial charge in [-0.15, -0.1) is 0 Å². The minimum Gasteiger partial charge on any atom is -0.489 e. The highest BCUT2D eigenvalue weighted by atomic mass is 16.5. The largest absolute Gasteiger partial charge is 0.489 e. The van der Waals surface area contributed by atoms with Gasteiger partial charge in [0.2, 0.25) is 0 Å². The fourth-order valence-electron chi connectivity index (χ4n) is 2.82. The van der Waals surface area contributed by atoms with Crippen LogP contribution in [0.2, 0.25) is 0 Å². The van der Waals surface area contributed by atoms with Crippen molar-refractivity contribution in [3.8, 4) is 11.5 Å². The number of anilines is 1. The summed E-state index contributed by atoms with van der Waals surface area (Å²) < 4.78 is 16.9. The lowest BCUT2D eigenvalue weighted by Crippen LogP contribution is -2.13. The van der Waals surface area contributed by atoms with Crippen LogP contribution in [-0.2, 0) is 13.2 Å². The highest BCUT2D eigenvalue weighted by Crippen LogP contribution is 2.21. The molecule has 0 fully saturated rings. The van der Waals surface area contributed by atoms with Crippen LogP contribution < -0.4 is 14.8 Å². The van der Waals surface area contributed by atoms with Gasteiger partial charge in [0.1, 0.15) is 24.7 Å². The van der Waals surface area contributed by atoms with Crippen molar-refractivity contribution in [2.24, 2.45) is 0 Å². The van der Waals surface area contributed by atoms with Crippen LogP contribution in [0.5, 0.6) is 11.5 Å². The number of aromatic nitrogens is 1. The van der Waals surface area contributed by atoms with Gasteiger partial charge in [-0.25, -0.2) is 0 Å². The second-order valence-corrected chi connectivity index (χ2v) is 6.47. The van der Waals surface area contributed by atoms with Crippen molar-refractivity contribution >= 4 is 11.6 Å². The van der Waals surface area contributed by atoms with E-state index in [0.29, 0.717) is 23.6 Å². The zero-order valence-corrected chi connectivity index (χ0v) is 16.2. The molecule has 2 heterocycles. The molecule has 0 spiro atoms. The summed E-state index contributed by atoms with van der Waals surface area (Å²) in [7, 11) is 0. The molecule has 2 aromatic carbocycles. The molecule has 4 rings (SSSR count). The molecule has 1 amide bonds. The minimum atomic E-state index is -0.353. The van der Waals surface area contributed by atoms with Crippen molar-refractivity contribution in [1.82, 2.24) is 4.98 Å². The first kappa shape index (κ1) is 19.3. The van der Waals surface area contributed by atoms with Crippen LogP contribution in [0.15, 0.2) is 95.7 Å². The predicted octanol–water partition coefficient (Wildman–Crippen LogP) is 5.08. The molecular weight excluding hydrogens is 380 g/mol. The summed E-state index contributed by atoms with van der Waals surface area (Å²) in [6.45, 7) is 0.577. The third kappa shape index (κ3) is 5.05. The molecule has 150 valence electrons. The lowest BCUT2D eigenvalue weighted by atomic mass is 10.2. The van der Waals surface area contributed by atoms with Crippen molar-refractivity contribution in [3.05, 3.63) is 108 Å². The maximum absolute atomic E-state index is 12.7. The van der Waals surface area contributed by atoms with E-state index in [1.54, 1.807) is 24.4 Å². The van der Waals surface area contributed by atoms with Gasteiger partial charge < -0.3 is 19.2 Å². The molecule has 0 aliphatic rings. The summed E-state index contributed by atoms with van der Waals surface area (Å²) in [5.74, 6) is 1.22. The van der Waals surface area contributed by atoms with Gasteiger partial charge in [0, 0.05) is 23.5 Å². The first-order valence-electron chi connectivity index (χ1n) is 9.46. The Morgan fingerprint density at radius 3 is 2.50 bits per heavy atom. The quantitative estimate of drug-likeness (QED) is 0.446. The normalized spacial score (nSPS) is 10.4. The third-order valence-electron chi connectivity index (χ3n) is 4.30. The molecule has 0 atom stereocenters. The number of para-hydroxylation sites is 1. The molecule has 0 unspecified atom stereocenters. The van der Waals surface area contributed by atoms with Crippen LogP contribution in [0.4, 0.5) is 5.69 Å². The molecular formula is C24H20N2O4. The van der Waals surface area contributed by atoms with Gasteiger partial charge in [0.25, 0.3) is 5.91 Å². The molecule has 30 heavy (non-hydrogen) atoms. The number of furan rings is 1. The molecule has 0 bridgehead atoms. The van der Waals surface area contributed by atoms with Gasteiger partial charge in [0.15, 0.2) is 5.76 Å². The van der Waals surface area contributed by atoms with Crippen molar-refractivity contribution in [1.29, 1.82) is 0 Å². The Bertz CT molecular complexity index is 1090. The number of benzene rings is 2.